The number of aryl methyl sites for hydroxylation is 1. The summed E-state index contributed by atoms with van der Waals surface area (Å²) in [6, 6.07) is 9.50. The van der Waals surface area contributed by atoms with Crippen molar-refractivity contribution in [3.63, 3.8) is 0 Å². The molecule has 134 valence electrons. The van der Waals surface area contributed by atoms with E-state index < -0.39 is 11.9 Å². The minimum absolute atomic E-state index is 0.162. The van der Waals surface area contributed by atoms with E-state index >= 15 is 0 Å². The number of hydrogen-bond donors (Lipinski definition) is 0. The number of imidazole rings is 1. The SMILES string of the molecule is Cc1ccc2nc(C(=O)N3CCCCC3c3ccc(F)cc3)c(F)n2c1. The van der Waals surface area contributed by atoms with Crippen molar-refractivity contribution >= 4 is 11.6 Å². The third-order valence-electron chi connectivity index (χ3n) is 4.93. The van der Waals surface area contributed by atoms with Gasteiger partial charge in [-0.15, -0.1) is 0 Å². The number of carbonyl (C=O) groups is 1. The first kappa shape index (κ1) is 16.7. The molecular weight excluding hydrogens is 336 g/mol. The highest BCUT2D eigenvalue weighted by Gasteiger charge is 2.32. The van der Waals surface area contributed by atoms with E-state index in [1.807, 2.05) is 13.0 Å². The van der Waals surface area contributed by atoms with E-state index in [9.17, 15) is 13.6 Å². The Hall–Kier alpha value is -2.76. The molecule has 0 radical (unpaired) electrons. The molecule has 0 spiro atoms. The van der Waals surface area contributed by atoms with Gasteiger partial charge in [-0.1, -0.05) is 18.2 Å². The van der Waals surface area contributed by atoms with Gasteiger partial charge >= 0.3 is 0 Å². The van der Waals surface area contributed by atoms with Crippen molar-refractivity contribution in [2.45, 2.75) is 32.2 Å². The summed E-state index contributed by atoms with van der Waals surface area (Å²) in [4.78, 5) is 18.9. The van der Waals surface area contributed by atoms with Gasteiger partial charge in [-0.25, -0.2) is 9.37 Å². The summed E-state index contributed by atoms with van der Waals surface area (Å²) in [7, 11) is 0. The van der Waals surface area contributed by atoms with Crippen LogP contribution in [0.25, 0.3) is 5.65 Å². The normalized spacial score (nSPS) is 17.7. The van der Waals surface area contributed by atoms with Crippen molar-refractivity contribution in [1.82, 2.24) is 14.3 Å². The molecule has 1 atom stereocenters. The Morgan fingerprint density at radius 3 is 2.65 bits per heavy atom. The first-order valence-electron chi connectivity index (χ1n) is 8.75. The van der Waals surface area contributed by atoms with Gasteiger partial charge < -0.3 is 4.90 Å². The van der Waals surface area contributed by atoms with Gasteiger partial charge in [0.25, 0.3) is 5.91 Å². The van der Waals surface area contributed by atoms with Gasteiger partial charge in [-0.05, 0) is 55.5 Å². The third kappa shape index (κ3) is 2.85. The summed E-state index contributed by atoms with van der Waals surface area (Å²) in [6.45, 7) is 2.39. The largest absolute Gasteiger partial charge is 0.330 e. The fourth-order valence-electron chi connectivity index (χ4n) is 3.60. The van der Waals surface area contributed by atoms with Crippen LogP contribution in [0.3, 0.4) is 0 Å². The Labute approximate surface area is 150 Å². The quantitative estimate of drug-likeness (QED) is 0.688. The van der Waals surface area contributed by atoms with Gasteiger partial charge in [0.2, 0.25) is 5.95 Å². The second-order valence-electron chi connectivity index (χ2n) is 6.75. The number of pyridine rings is 1. The maximum atomic E-state index is 14.8. The number of piperidine rings is 1. The molecule has 3 aromatic rings. The van der Waals surface area contributed by atoms with Crippen LogP contribution in [0.2, 0.25) is 0 Å². The number of fused-ring (bicyclic) bond motifs is 1. The van der Waals surface area contributed by atoms with E-state index in [0.717, 1.165) is 30.4 Å². The second-order valence-corrected chi connectivity index (χ2v) is 6.75. The Balaban J connectivity index is 1.71. The number of carbonyl (C=O) groups excluding carboxylic acids is 1. The zero-order chi connectivity index (χ0) is 18.3. The standard InChI is InChI=1S/C20H19F2N3O/c1-13-5-10-17-23-18(19(22)25(17)12-13)20(26)24-11-3-2-4-16(24)14-6-8-15(21)9-7-14/h5-10,12,16H,2-4,11H2,1H3. The van der Waals surface area contributed by atoms with Crippen LogP contribution in [0.15, 0.2) is 42.6 Å². The molecule has 1 aliphatic rings. The molecule has 6 heteroatoms. The summed E-state index contributed by atoms with van der Waals surface area (Å²) in [5, 5.41) is 0. The molecular formula is C20H19F2N3O. The van der Waals surface area contributed by atoms with Crippen LogP contribution in [0, 0.1) is 18.7 Å². The lowest BCUT2D eigenvalue weighted by Gasteiger charge is -2.35. The lowest BCUT2D eigenvalue weighted by atomic mass is 9.95. The third-order valence-corrected chi connectivity index (χ3v) is 4.93. The molecule has 1 aliphatic heterocycles. The van der Waals surface area contributed by atoms with Crippen LogP contribution in [0.5, 0.6) is 0 Å². The van der Waals surface area contributed by atoms with Crippen LogP contribution in [0.1, 0.15) is 46.9 Å². The first-order valence-corrected chi connectivity index (χ1v) is 8.75. The first-order chi connectivity index (χ1) is 12.5. The molecule has 4 nitrogen and oxygen atoms in total. The number of hydrogen-bond acceptors (Lipinski definition) is 2. The van der Waals surface area contributed by atoms with Crippen molar-refractivity contribution in [3.8, 4) is 0 Å². The van der Waals surface area contributed by atoms with Crippen LogP contribution in [-0.2, 0) is 0 Å². The van der Waals surface area contributed by atoms with Crippen molar-refractivity contribution in [3.05, 3.63) is 71.2 Å². The molecule has 0 aliphatic carbocycles. The molecule has 0 N–H and O–H groups in total. The van der Waals surface area contributed by atoms with E-state index in [4.69, 9.17) is 0 Å². The Bertz CT molecular complexity index is 965. The van der Waals surface area contributed by atoms with Crippen LogP contribution >= 0.6 is 0 Å². The number of likely N-dealkylation sites (tertiary alicyclic amines) is 1. The number of rotatable bonds is 2. The number of amides is 1. The van der Waals surface area contributed by atoms with Gasteiger partial charge in [-0.3, -0.25) is 9.20 Å². The Morgan fingerprint density at radius 1 is 1.12 bits per heavy atom. The summed E-state index contributed by atoms with van der Waals surface area (Å²) < 4.78 is 29.3. The lowest BCUT2D eigenvalue weighted by molar-refractivity contribution is 0.0600. The zero-order valence-corrected chi connectivity index (χ0v) is 14.5. The van der Waals surface area contributed by atoms with E-state index in [1.54, 1.807) is 29.3 Å². The maximum Gasteiger partial charge on any atom is 0.277 e. The fraction of sp³-hybridized carbons (Fsp3) is 0.300. The molecule has 2 aromatic heterocycles. The smallest absolute Gasteiger partial charge is 0.277 e. The number of halogens is 2. The second kappa shape index (κ2) is 6.52. The number of benzene rings is 1. The van der Waals surface area contributed by atoms with Crippen molar-refractivity contribution in [1.29, 1.82) is 0 Å². The summed E-state index contributed by atoms with van der Waals surface area (Å²) >= 11 is 0. The molecule has 1 unspecified atom stereocenters. The van der Waals surface area contributed by atoms with E-state index in [2.05, 4.69) is 4.98 Å². The van der Waals surface area contributed by atoms with Crippen molar-refractivity contribution < 1.29 is 13.6 Å². The fourth-order valence-corrected chi connectivity index (χ4v) is 3.60. The Morgan fingerprint density at radius 2 is 1.88 bits per heavy atom. The van der Waals surface area contributed by atoms with Crippen LogP contribution < -0.4 is 0 Å². The van der Waals surface area contributed by atoms with E-state index in [1.165, 1.54) is 16.5 Å². The average molecular weight is 355 g/mol. The summed E-state index contributed by atoms with van der Waals surface area (Å²) in [5.41, 5.74) is 1.99. The highest BCUT2D eigenvalue weighted by molar-refractivity contribution is 5.93. The molecule has 3 heterocycles. The molecule has 1 amide bonds. The molecule has 1 aromatic carbocycles. The van der Waals surface area contributed by atoms with Crippen LogP contribution in [0.4, 0.5) is 8.78 Å². The number of aromatic nitrogens is 2. The monoisotopic (exact) mass is 355 g/mol. The molecule has 0 bridgehead atoms. The minimum atomic E-state index is -0.642. The topological polar surface area (TPSA) is 37.6 Å². The molecule has 4 rings (SSSR count). The highest BCUT2D eigenvalue weighted by atomic mass is 19.1. The molecule has 1 saturated heterocycles. The van der Waals surface area contributed by atoms with Gasteiger partial charge in [0, 0.05) is 12.7 Å². The van der Waals surface area contributed by atoms with Crippen LogP contribution in [-0.4, -0.2) is 26.7 Å². The predicted molar refractivity (Wildman–Crippen MR) is 93.9 cm³/mol. The van der Waals surface area contributed by atoms with E-state index in [0.29, 0.717) is 12.2 Å². The van der Waals surface area contributed by atoms with E-state index in [-0.39, 0.29) is 17.6 Å². The van der Waals surface area contributed by atoms with Gasteiger partial charge in [-0.2, -0.15) is 4.39 Å². The predicted octanol–water partition coefficient (Wildman–Crippen LogP) is 4.29. The average Bonchev–Trinajstić information content (AvgIpc) is 2.98. The summed E-state index contributed by atoms with van der Waals surface area (Å²) in [6.07, 6.45) is 4.23. The highest BCUT2D eigenvalue weighted by Crippen LogP contribution is 2.32. The van der Waals surface area contributed by atoms with Gasteiger partial charge in [0.05, 0.1) is 6.04 Å². The maximum absolute atomic E-state index is 14.8. The van der Waals surface area contributed by atoms with Crippen molar-refractivity contribution in [2.75, 3.05) is 6.54 Å². The lowest BCUT2D eigenvalue weighted by Crippen LogP contribution is -2.39. The minimum Gasteiger partial charge on any atom is -0.330 e. The molecule has 26 heavy (non-hydrogen) atoms. The number of nitrogens with zero attached hydrogens (tertiary/aromatic N) is 3. The van der Waals surface area contributed by atoms with Crippen molar-refractivity contribution in [2.24, 2.45) is 0 Å². The molecule has 0 saturated carbocycles. The summed E-state index contributed by atoms with van der Waals surface area (Å²) in [5.74, 6) is -1.38. The molecule has 1 fully saturated rings. The van der Waals surface area contributed by atoms with Gasteiger partial charge in [0.15, 0.2) is 5.69 Å². The Kier molecular flexibility index (Phi) is 4.18. The van der Waals surface area contributed by atoms with Gasteiger partial charge in [0.1, 0.15) is 11.5 Å². The zero-order valence-electron chi connectivity index (χ0n) is 14.5.